The summed E-state index contributed by atoms with van der Waals surface area (Å²) in [5, 5.41) is 2.36. The van der Waals surface area contributed by atoms with E-state index in [1.54, 1.807) is 0 Å². The fourth-order valence-electron chi connectivity index (χ4n) is 3.13. The molecular weight excluding hydrogens is 333 g/mol. The predicted octanol–water partition coefficient (Wildman–Crippen LogP) is 5.23. The van der Waals surface area contributed by atoms with Crippen LogP contribution < -0.4 is 5.46 Å². The zero-order valence-electron chi connectivity index (χ0n) is 17.1. The summed E-state index contributed by atoms with van der Waals surface area (Å²) in [5.41, 5.74) is 2.47. The van der Waals surface area contributed by atoms with Crippen LogP contribution in [0.15, 0.2) is 60.8 Å². The number of nitrogens with zero attached hydrogens (tertiary/aromatic N) is 1. The fourth-order valence-corrected chi connectivity index (χ4v) is 3.13. The highest BCUT2D eigenvalue weighted by Crippen LogP contribution is 2.36. The third-order valence-electron chi connectivity index (χ3n) is 5.38. The zero-order chi connectivity index (χ0) is 19.7. The maximum absolute atomic E-state index is 6.13. The van der Waals surface area contributed by atoms with Crippen LogP contribution >= 0.6 is 0 Å². The van der Waals surface area contributed by atoms with Crippen molar-refractivity contribution in [2.24, 2.45) is 0 Å². The molecule has 140 valence electrons. The van der Waals surface area contributed by atoms with E-state index in [4.69, 9.17) is 9.31 Å². The topological polar surface area (TPSA) is 31.4 Å². The SMILES string of the molecule is CC.CC1(C)OB(c2ccc(-c3nccc4ccccc34)cc2)OC1(C)C. The van der Waals surface area contributed by atoms with Crippen molar-refractivity contribution >= 4 is 23.4 Å². The monoisotopic (exact) mass is 361 g/mol. The molecule has 0 bridgehead atoms. The lowest BCUT2D eigenvalue weighted by molar-refractivity contribution is 0.00578. The first-order chi connectivity index (χ1) is 12.9. The maximum Gasteiger partial charge on any atom is 0.494 e. The second-order valence-electron chi connectivity index (χ2n) is 7.59. The second-order valence-corrected chi connectivity index (χ2v) is 7.59. The molecule has 1 saturated heterocycles. The van der Waals surface area contributed by atoms with E-state index >= 15 is 0 Å². The van der Waals surface area contributed by atoms with Gasteiger partial charge in [-0.3, -0.25) is 4.98 Å². The van der Waals surface area contributed by atoms with Gasteiger partial charge in [0.15, 0.2) is 0 Å². The van der Waals surface area contributed by atoms with E-state index in [-0.39, 0.29) is 18.3 Å². The molecule has 0 aliphatic carbocycles. The third-order valence-corrected chi connectivity index (χ3v) is 5.38. The van der Waals surface area contributed by atoms with Crippen LogP contribution in [0.2, 0.25) is 0 Å². The van der Waals surface area contributed by atoms with E-state index in [1.165, 1.54) is 5.39 Å². The summed E-state index contributed by atoms with van der Waals surface area (Å²) >= 11 is 0. The average molecular weight is 361 g/mol. The van der Waals surface area contributed by atoms with Crippen molar-refractivity contribution in [3.8, 4) is 11.3 Å². The Bertz CT molecular complexity index is 898. The fraction of sp³-hybridized carbons (Fsp3) is 0.348. The molecule has 0 radical (unpaired) electrons. The Morgan fingerprint density at radius 2 is 1.37 bits per heavy atom. The Balaban J connectivity index is 0.00000102. The van der Waals surface area contributed by atoms with Crippen LogP contribution in [0.3, 0.4) is 0 Å². The van der Waals surface area contributed by atoms with E-state index in [1.807, 2.05) is 38.2 Å². The Kier molecular flexibility index (Phi) is 5.41. The summed E-state index contributed by atoms with van der Waals surface area (Å²) in [6, 6.07) is 18.7. The molecule has 0 atom stereocenters. The molecule has 0 saturated carbocycles. The number of hydrogen-bond donors (Lipinski definition) is 0. The Morgan fingerprint density at radius 1 is 0.778 bits per heavy atom. The van der Waals surface area contributed by atoms with Crippen LogP contribution in [0.5, 0.6) is 0 Å². The first kappa shape index (κ1) is 19.6. The highest BCUT2D eigenvalue weighted by atomic mass is 16.7. The zero-order valence-corrected chi connectivity index (χ0v) is 17.1. The Morgan fingerprint density at radius 3 is 2.00 bits per heavy atom. The minimum atomic E-state index is -0.334. The summed E-state index contributed by atoms with van der Waals surface area (Å²) in [5.74, 6) is 0. The van der Waals surface area contributed by atoms with Crippen molar-refractivity contribution in [1.82, 2.24) is 4.98 Å². The Hall–Kier alpha value is -2.17. The van der Waals surface area contributed by atoms with Crippen molar-refractivity contribution in [2.45, 2.75) is 52.7 Å². The summed E-state index contributed by atoms with van der Waals surface area (Å²) in [6.07, 6.45) is 1.86. The van der Waals surface area contributed by atoms with Crippen molar-refractivity contribution in [1.29, 1.82) is 0 Å². The van der Waals surface area contributed by atoms with Gasteiger partial charge in [0.1, 0.15) is 0 Å². The molecule has 0 spiro atoms. The standard InChI is InChI=1S/C21H22BNO2.C2H6/c1-20(2)21(3,4)25-22(24-20)17-11-9-16(10-12-17)19-18-8-6-5-7-15(18)13-14-23-19;1-2/h5-14H,1-4H3;1-2H3. The molecule has 1 aromatic heterocycles. The molecule has 0 unspecified atom stereocenters. The highest BCUT2D eigenvalue weighted by molar-refractivity contribution is 6.62. The minimum Gasteiger partial charge on any atom is -0.399 e. The lowest BCUT2D eigenvalue weighted by atomic mass is 9.78. The average Bonchev–Trinajstić information content (AvgIpc) is 2.90. The first-order valence-electron chi connectivity index (χ1n) is 9.67. The minimum absolute atomic E-state index is 0.326. The number of aromatic nitrogens is 1. The Labute approximate surface area is 162 Å². The van der Waals surface area contributed by atoms with Crippen molar-refractivity contribution in [2.75, 3.05) is 0 Å². The van der Waals surface area contributed by atoms with Crippen molar-refractivity contribution in [3.63, 3.8) is 0 Å². The van der Waals surface area contributed by atoms with Crippen LogP contribution in [-0.2, 0) is 9.31 Å². The summed E-state index contributed by atoms with van der Waals surface area (Å²) in [7, 11) is -0.334. The summed E-state index contributed by atoms with van der Waals surface area (Å²) in [6.45, 7) is 12.3. The molecule has 2 heterocycles. The molecule has 4 rings (SSSR count). The predicted molar refractivity (Wildman–Crippen MR) is 114 cm³/mol. The molecule has 1 fully saturated rings. The van der Waals surface area contributed by atoms with Gasteiger partial charge in [0.2, 0.25) is 0 Å². The van der Waals surface area contributed by atoms with E-state index in [0.29, 0.717) is 0 Å². The van der Waals surface area contributed by atoms with Gasteiger partial charge in [0, 0.05) is 17.1 Å². The van der Waals surface area contributed by atoms with E-state index in [2.05, 4.69) is 69.1 Å². The maximum atomic E-state index is 6.13. The van der Waals surface area contributed by atoms with E-state index in [9.17, 15) is 0 Å². The van der Waals surface area contributed by atoms with Gasteiger partial charge in [0.05, 0.1) is 16.9 Å². The van der Waals surface area contributed by atoms with Crippen LogP contribution in [0.1, 0.15) is 41.5 Å². The van der Waals surface area contributed by atoms with Gasteiger partial charge in [-0.05, 0) is 44.6 Å². The van der Waals surface area contributed by atoms with Crippen LogP contribution in [0.4, 0.5) is 0 Å². The van der Waals surface area contributed by atoms with E-state index in [0.717, 1.165) is 22.1 Å². The molecule has 2 aromatic carbocycles. The molecule has 3 nitrogen and oxygen atoms in total. The highest BCUT2D eigenvalue weighted by Gasteiger charge is 2.51. The van der Waals surface area contributed by atoms with Gasteiger partial charge in [-0.25, -0.2) is 0 Å². The van der Waals surface area contributed by atoms with Gasteiger partial charge < -0.3 is 9.31 Å². The van der Waals surface area contributed by atoms with Crippen LogP contribution in [-0.4, -0.2) is 23.3 Å². The molecule has 0 amide bonds. The van der Waals surface area contributed by atoms with Crippen molar-refractivity contribution in [3.05, 3.63) is 60.8 Å². The second kappa shape index (κ2) is 7.45. The van der Waals surface area contributed by atoms with E-state index < -0.39 is 0 Å². The van der Waals surface area contributed by atoms with Crippen molar-refractivity contribution < 1.29 is 9.31 Å². The molecule has 4 heteroatoms. The largest absolute Gasteiger partial charge is 0.494 e. The van der Waals surface area contributed by atoms with Gasteiger partial charge in [0.25, 0.3) is 0 Å². The van der Waals surface area contributed by atoms with Crippen LogP contribution in [0.25, 0.3) is 22.0 Å². The lowest BCUT2D eigenvalue weighted by Gasteiger charge is -2.32. The van der Waals surface area contributed by atoms with Gasteiger partial charge in [-0.15, -0.1) is 0 Å². The number of rotatable bonds is 2. The third kappa shape index (κ3) is 3.65. The van der Waals surface area contributed by atoms with Gasteiger partial charge in [-0.2, -0.15) is 0 Å². The normalized spacial score (nSPS) is 17.5. The number of hydrogen-bond acceptors (Lipinski definition) is 3. The van der Waals surface area contributed by atoms with Gasteiger partial charge in [-0.1, -0.05) is 62.4 Å². The first-order valence-corrected chi connectivity index (χ1v) is 9.67. The molecule has 1 aliphatic rings. The summed E-state index contributed by atoms with van der Waals surface area (Å²) < 4.78 is 12.3. The number of benzene rings is 2. The summed E-state index contributed by atoms with van der Waals surface area (Å²) in [4.78, 5) is 4.59. The number of fused-ring (bicyclic) bond motifs is 1. The molecule has 0 N–H and O–H groups in total. The quantitative estimate of drug-likeness (QED) is 0.586. The molecule has 3 aromatic rings. The van der Waals surface area contributed by atoms with Crippen LogP contribution in [0, 0.1) is 0 Å². The van der Waals surface area contributed by atoms with Gasteiger partial charge >= 0.3 is 7.12 Å². The molecule has 27 heavy (non-hydrogen) atoms. The lowest BCUT2D eigenvalue weighted by Crippen LogP contribution is -2.41. The number of pyridine rings is 1. The molecular formula is C23H28BNO2. The molecule has 1 aliphatic heterocycles. The smallest absolute Gasteiger partial charge is 0.399 e.